The molecule has 7 fully saturated rings. The van der Waals surface area contributed by atoms with Crippen LogP contribution in [-0.4, -0.2) is 120 Å². The highest BCUT2D eigenvalue weighted by Gasteiger charge is 2.68. The zero-order valence-electron chi connectivity index (χ0n) is 35.7. The molecule has 0 aromatic rings. The molecule has 5 aliphatic heterocycles. The molecule has 12 nitrogen and oxygen atoms in total. The molecule has 5 heterocycles. The number of piperidine rings is 1. The zero-order valence-corrected chi connectivity index (χ0v) is 37.3. The van der Waals surface area contributed by atoms with Crippen molar-refractivity contribution in [3.63, 3.8) is 0 Å². The van der Waals surface area contributed by atoms with Gasteiger partial charge in [0.1, 0.15) is 17.3 Å². The number of carbonyl (C=O) groups is 3. The average molecular weight is 859 g/mol. The third-order valence-corrected chi connectivity index (χ3v) is 19.2. The highest BCUT2D eigenvalue weighted by atomic mass is 33.1. The molecule has 5 saturated heterocycles. The fraction of sp³-hybridized carbons (Fsp3) is 0.844. The Labute approximate surface area is 359 Å². The van der Waals surface area contributed by atoms with E-state index in [1.165, 1.54) is 5.57 Å². The van der Waals surface area contributed by atoms with Gasteiger partial charge < -0.3 is 45.7 Å². The first-order valence-corrected chi connectivity index (χ1v) is 25.2. The van der Waals surface area contributed by atoms with Crippen molar-refractivity contribution in [1.82, 2.24) is 15.5 Å². The van der Waals surface area contributed by atoms with Crippen LogP contribution >= 0.6 is 21.6 Å². The number of hydrogen-bond donors (Lipinski definition) is 5. The van der Waals surface area contributed by atoms with Gasteiger partial charge in [-0.1, -0.05) is 52.2 Å². The summed E-state index contributed by atoms with van der Waals surface area (Å²) in [6.07, 6.45) is 12.2. The van der Waals surface area contributed by atoms with Crippen LogP contribution in [0.5, 0.6) is 0 Å². The number of ether oxygens (including phenoxy) is 3. The zero-order chi connectivity index (χ0) is 41.7. The van der Waals surface area contributed by atoms with Gasteiger partial charge in [0.2, 0.25) is 5.91 Å². The van der Waals surface area contributed by atoms with Gasteiger partial charge in [-0.05, 0) is 108 Å². The summed E-state index contributed by atoms with van der Waals surface area (Å²) in [6.45, 7) is 7.99. The van der Waals surface area contributed by atoms with Crippen molar-refractivity contribution in [2.45, 2.75) is 133 Å². The minimum Gasteiger partial charge on any atom is -0.462 e. The summed E-state index contributed by atoms with van der Waals surface area (Å²) < 4.78 is 20.9. The number of allylic oxidation sites excluding steroid dienone is 1. The highest BCUT2D eigenvalue weighted by Crippen LogP contribution is 2.63. The number of nitrogens with zero attached hydrogens (tertiary/aromatic N) is 1. The number of amides is 1. The van der Waals surface area contributed by atoms with Crippen LogP contribution < -0.4 is 16.4 Å². The van der Waals surface area contributed by atoms with Crippen molar-refractivity contribution < 1.29 is 38.8 Å². The molecule has 1 spiro atoms. The van der Waals surface area contributed by atoms with Crippen molar-refractivity contribution in [1.29, 1.82) is 0 Å². The first kappa shape index (κ1) is 44.0. The molecule has 14 atom stereocenters. The van der Waals surface area contributed by atoms with E-state index in [-0.39, 0.29) is 102 Å². The lowest BCUT2D eigenvalue weighted by atomic mass is 9.55. The third kappa shape index (κ3) is 7.88. The maximum absolute atomic E-state index is 14.3. The first-order valence-electron chi connectivity index (χ1n) is 22.7. The Kier molecular flexibility index (Phi) is 13.3. The second-order valence-corrected chi connectivity index (χ2v) is 22.3. The van der Waals surface area contributed by atoms with Crippen LogP contribution in [0.2, 0.25) is 0 Å². The second kappa shape index (κ2) is 17.8. The molecule has 1 amide bonds. The van der Waals surface area contributed by atoms with E-state index in [9.17, 15) is 24.6 Å². The smallest absolute Gasteiger partial charge is 0.334 e. The predicted octanol–water partition coefficient (Wildman–Crippen LogP) is 4.58. The largest absolute Gasteiger partial charge is 0.462 e. The number of carbonyl (C=O) groups excluding carboxylic acids is 3. The lowest BCUT2D eigenvalue weighted by Gasteiger charge is -2.57. The van der Waals surface area contributed by atoms with Gasteiger partial charge in [-0.3, -0.25) is 9.59 Å². The molecule has 8 rings (SSSR count). The van der Waals surface area contributed by atoms with E-state index >= 15 is 0 Å². The van der Waals surface area contributed by atoms with Crippen LogP contribution in [0.15, 0.2) is 23.3 Å². The van der Waals surface area contributed by atoms with Crippen LogP contribution in [0, 0.1) is 52.8 Å². The Morgan fingerprint density at radius 3 is 2.66 bits per heavy atom. The molecule has 3 aliphatic carbocycles. The summed E-state index contributed by atoms with van der Waals surface area (Å²) in [5.74, 6) is 1.58. The summed E-state index contributed by atoms with van der Waals surface area (Å²) in [5.41, 5.74) is 6.40. The van der Waals surface area contributed by atoms with Gasteiger partial charge in [0.05, 0.1) is 18.2 Å². The summed E-state index contributed by atoms with van der Waals surface area (Å²) in [7, 11) is 5.70. The topological polar surface area (TPSA) is 173 Å². The number of rotatable bonds is 9. The van der Waals surface area contributed by atoms with Crippen LogP contribution in [0.3, 0.4) is 0 Å². The molecule has 330 valence electrons. The molecule has 0 bridgehead atoms. The number of esters is 2. The summed E-state index contributed by atoms with van der Waals surface area (Å²) in [6, 6.07) is 0.218. The van der Waals surface area contributed by atoms with Gasteiger partial charge in [-0.2, -0.15) is 0 Å². The van der Waals surface area contributed by atoms with Gasteiger partial charge in [-0.15, -0.1) is 0 Å². The Bertz CT molecular complexity index is 1640. The minimum atomic E-state index is -1.00. The van der Waals surface area contributed by atoms with Crippen LogP contribution in [0.1, 0.15) is 97.8 Å². The van der Waals surface area contributed by atoms with E-state index in [2.05, 4.69) is 28.5 Å². The van der Waals surface area contributed by atoms with Gasteiger partial charge in [-0.25, -0.2) is 4.79 Å². The molecule has 2 saturated carbocycles. The molecular formula is C45H70N4O8S2. The lowest BCUT2D eigenvalue weighted by molar-refractivity contribution is -0.230. The number of nitrogens with one attached hydrogen (secondary N) is 2. The van der Waals surface area contributed by atoms with E-state index in [1.807, 2.05) is 35.6 Å². The molecular weight excluding hydrogens is 789 g/mol. The Morgan fingerprint density at radius 1 is 1.14 bits per heavy atom. The summed E-state index contributed by atoms with van der Waals surface area (Å²) >= 11 is 0. The molecule has 0 aromatic heterocycles. The number of nitrogens with two attached hydrogens (primary N) is 1. The van der Waals surface area contributed by atoms with Gasteiger partial charge in [0.15, 0.2) is 0 Å². The third-order valence-electron chi connectivity index (χ3n) is 16.9. The van der Waals surface area contributed by atoms with E-state index in [0.29, 0.717) is 56.6 Å². The number of hydrogen-bond acceptors (Lipinski definition) is 13. The molecule has 59 heavy (non-hydrogen) atoms. The SMILES string of the molecule is CC=C(C)C(=O)OC1(C)CC=C2CSSCC3C(CNC)CN3C(=O)CC3CNC(N)CC3C2C12CC1CC3CC(C4(C(CO)CCO)CCCC4)C(=O)OC3CC1O2. The van der Waals surface area contributed by atoms with Crippen molar-refractivity contribution in [2.75, 3.05) is 51.4 Å². The van der Waals surface area contributed by atoms with Gasteiger partial charge in [0, 0.05) is 87.1 Å². The van der Waals surface area contributed by atoms with Crippen LogP contribution in [0.4, 0.5) is 0 Å². The Hall–Kier alpha value is -1.65. The fourth-order valence-electron chi connectivity index (χ4n) is 13.6. The van der Waals surface area contributed by atoms with E-state index in [1.54, 1.807) is 13.0 Å². The van der Waals surface area contributed by atoms with E-state index in [4.69, 9.17) is 19.9 Å². The van der Waals surface area contributed by atoms with E-state index in [0.717, 1.165) is 63.1 Å². The predicted molar refractivity (Wildman–Crippen MR) is 230 cm³/mol. The first-order chi connectivity index (χ1) is 28.4. The molecule has 14 unspecified atom stereocenters. The average Bonchev–Trinajstić information content (AvgIpc) is 3.85. The van der Waals surface area contributed by atoms with E-state index < -0.39 is 11.2 Å². The Morgan fingerprint density at radius 2 is 1.93 bits per heavy atom. The number of fused-ring (bicyclic) bond motifs is 7. The van der Waals surface area contributed by atoms with Crippen LogP contribution in [-0.2, 0) is 28.6 Å². The van der Waals surface area contributed by atoms with Gasteiger partial charge in [0.25, 0.3) is 0 Å². The summed E-state index contributed by atoms with van der Waals surface area (Å²) in [5, 5.41) is 27.4. The lowest BCUT2D eigenvalue weighted by Crippen LogP contribution is -2.66. The summed E-state index contributed by atoms with van der Waals surface area (Å²) in [4.78, 5) is 44.4. The standard InChI is InChI=1S/C45H70N4O8S2/c1-5-26(2)41(53)57-43(3)12-8-27-24-58-59-25-35-31(20-47-4)22-49(35)39(52)16-30-21-48-38(46)17-33(30)40(27)45(43)19-29-14-28-15-34(42(54)55-36(28)18-37(29)56-45)44(10-6-7-11-44)32(23-51)9-13-50/h5,8,28-38,40,47-48,50-51H,6-7,9-25,46H2,1-4H3. The Balaban J connectivity index is 1.14. The van der Waals surface area contributed by atoms with Crippen molar-refractivity contribution in [2.24, 2.45) is 58.5 Å². The molecule has 0 radical (unpaired) electrons. The van der Waals surface area contributed by atoms with Crippen molar-refractivity contribution >= 4 is 39.4 Å². The number of aliphatic hydroxyl groups is 2. The van der Waals surface area contributed by atoms with Gasteiger partial charge >= 0.3 is 11.9 Å². The second-order valence-electron chi connectivity index (χ2n) is 19.7. The molecule has 0 aromatic carbocycles. The molecule has 8 aliphatic rings. The quantitative estimate of drug-likeness (QED) is 0.0946. The number of aliphatic hydroxyl groups excluding tert-OH is 2. The molecule has 6 N–H and O–H groups in total. The van der Waals surface area contributed by atoms with Crippen LogP contribution in [0.25, 0.3) is 0 Å². The monoisotopic (exact) mass is 858 g/mol. The fourth-order valence-corrected chi connectivity index (χ4v) is 16.1. The van der Waals surface area contributed by atoms with Crippen molar-refractivity contribution in [3.05, 3.63) is 23.3 Å². The minimum absolute atomic E-state index is 0.00857. The maximum Gasteiger partial charge on any atom is 0.334 e. The van der Waals surface area contributed by atoms with Crippen molar-refractivity contribution in [3.8, 4) is 0 Å². The highest BCUT2D eigenvalue weighted by molar-refractivity contribution is 8.76. The molecule has 14 heteroatoms. The maximum atomic E-state index is 14.3. The normalized spacial score (nSPS) is 42.7.